The number of hydrogen-bond donors (Lipinski definition) is 3. The summed E-state index contributed by atoms with van der Waals surface area (Å²) >= 11 is 0. The highest BCUT2D eigenvalue weighted by molar-refractivity contribution is 5.89. The molecule has 3 N–H and O–H groups in total. The van der Waals surface area contributed by atoms with E-state index in [9.17, 15) is 9.90 Å². The molecule has 1 atom stereocenters. The SMILES string of the molecule is COC(=O)c1n[nH]c2c1CN(C[C@@]1(O)CCCNC1)CC2. The number of H-pyrrole nitrogens is 1. The van der Waals surface area contributed by atoms with Crippen molar-refractivity contribution in [2.75, 3.05) is 33.3 Å². The summed E-state index contributed by atoms with van der Waals surface area (Å²) in [5.41, 5.74) is 1.59. The minimum atomic E-state index is -0.676. The van der Waals surface area contributed by atoms with E-state index in [1.54, 1.807) is 0 Å². The van der Waals surface area contributed by atoms with Crippen LogP contribution in [0.2, 0.25) is 0 Å². The van der Waals surface area contributed by atoms with Crippen molar-refractivity contribution in [2.24, 2.45) is 0 Å². The van der Waals surface area contributed by atoms with E-state index in [2.05, 4.69) is 20.4 Å². The molecule has 116 valence electrons. The molecule has 7 heteroatoms. The summed E-state index contributed by atoms with van der Waals surface area (Å²) in [6.45, 7) is 3.70. The number of carbonyl (C=O) groups excluding carboxylic acids is 1. The lowest BCUT2D eigenvalue weighted by molar-refractivity contribution is -0.0186. The number of nitrogens with zero attached hydrogens (tertiary/aromatic N) is 2. The number of carbonyl (C=O) groups is 1. The van der Waals surface area contributed by atoms with Crippen LogP contribution in [0.4, 0.5) is 0 Å². The molecule has 2 aliphatic heterocycles. The lowest BCUT2D eigenvalue weighted by Crippen LogP contribution is -2.53. The van der Waals surface area contributed by atoms with E-state index in [1.807, 2.05) is 0 Å². The third kappa shape index (κ3) is 2.95. The largest absolute Gasteiger partial charge is 0.464 e. The third-order valence-electron chi connectivity index (χ3n) is 4.36. The molecule has 1 aromatic heterocycles. The second kappa shape index (κ2) is 5.75. The standard InChI is InChI=1S/C14H22N4O3/c1-21-13(19)12-10-7-18(6-3-11(10)16-17-12)9-14(20)4-2-5-15-8-14/h15,20H,2-9H2,1H3,(H,16,17)/t14-/m1/s1. The number of aromatic amines is 1. The van der Waals surface area contributed by atoms with Crippen molar-refractivity contribution in [1.82, 2.24) is 20.4 Å². The maximum absolute atomic E-state index is 11.7. The molecule has 3 heterocycles. The van der Waals surface area contributed by atoms with Crippen molar-refractivity contribution < 1.29 is 14.6 Å². The van der Waals surface area contributed by atoms with E-state index in [-0.39, 0.29) is 0 Å². The fraction of sp³-hybridized carbons (Fsp3) is 0.714. The Hall–Kier alpha value is -1.44. The maximum Gasteiger partial charge on any atom is 0.358 e. The van der Waals surface area contributed by atoms with Crippen molar-refractivity contribution >= 4 is 5.97 Å². The second-order valence-electron chi connectivity index (χ2n) is 5.99. The average Bonchev–Trinajstić information content (AvgIpc) is 2.90. The van der Waals surface area contributed by atoms with Gasteiger partial charge in [-0.2, -0.15) is 5.10 Å². The highest BCUT2D eigenvalue weighted by atomic mass is 16.5. The number of rotatable bonds is 3. The summed E-state index contributed by atoms with van der Waals surface area (Å²) in [5, 5.41) is 20.9. The van der Waals surface area contributed by atoms with Crippen molar-refractivity contribution in [3.63, 3.8) is 0 Å². The number of aliphatic hydroxyl groups is 1. The van der Waals surface area contributed by atoms with Crippen LogP contribution in [0.5, 0.6) is 0 Å². The van der Waals surface area contributed by atoms with Crippen molar-refractivity contribution in [3.8, 4) is 0 Å². The van der Waals surface area contributed by atoms with Gasteiger partial charge in [0, 0.05) is 43.9 Å². The Morgan fingerprint density at radius 3 is 3.14 bits per heavy atom. The predicted molar refractivity (Wildman–Crippen MR) is 76.0 cm³/mol. The van der Waals surface area contributed by atoms with Crippen molar-refractivity contribution in [2.45, 2.75) is 31.4 Å². The summed E-state index contributed by atoms with van der Waals surface area (Å²) in [5.74, 6) is -0.410. The van der Waals surface area contributed by atoms with Gasteiger partial charge in [-0.3, -0.25) is 10.00 Å². The molecule has 0 bridgehead atoms. The average molecular weight is 294 g/mol. The van der Waals surface area contributed by atoms with Crippen LogP contribution in [-0.2, 0) is 17.7 Å². The van der Waals surface area contributed by atoms with Gasteiger partial charge >= 0.3 is 5.97 Å². The zero-order chi connectivity index (χ0) is 14.9. The van der Waals surface area contributed by atoms with E-state index in [0.717, 1.165) is 43.6 Å². The van der Waals surface area contributed by atoms with E-state index in [4.69, 9.17) is 4.74 Å². The van der Waals surface area contributed by atoms with Gasteiger partial charge in [0.2, 0.25) is 0 Å². The summed E-state index contributed by atoms with van der Waals surface area (Å²) in [4.78, 5) is 13.9. The van der Waals surface area contributed by atoms with Crippen LogP contribution in [0.25, 0.3) is 0 Å². The lowest BCUT2D eigenvalue weighted by Gasteiger charge is -2.38. The molecular weight excluding hydrogens is 272 g/mol. The van der Waals surface area contributed by atoms with E-state index in [0.29, 0.717) is 25.3 Å². The Morgan fingerprint density at radius 2 is 2.43 bits per heavy atom. The monoisotopic (exact) mass is 294 g/mol. The number of hydrogen-bond acceptors (Lipinski definition) is 6. The number of aromatic nitrogens is 2. The van der Waals surface area contributed by atoms with E-state index < -0.39 is 11.6 Å². The maximum atomic E-state index is 11.7. The highest BCUT2D eigenvalue weighted by Crippen LogP contribution is 2.24. The van der Waals surface area contributed by atoms with Crippen molar-refractivity contribution in [3.05, 3.63) is 17.0 Å². The Morgan fingerprint density at radius 1 is 1.57 bits per heavy atom. The molecule has 0 amide bonds. The minimum Gasteiger partial charge on any atom is -0.464 e. The normalized spacial score (nSPS) is 26.4. The number of methoxy groups -OCH3 is 1. The Bertz CT molecular complexity index is 522. The second-order valence-corrected chi connectivity index (χ2v) is 5.99. The van der Waals surface area contributed by atoms with Gasteiger partial charge in [-0.15, -0.1) is 0 Å². The van der Waals surface area contributed by atoms with Gasteiger partial charge in [0.05, 0.1) is 12.7 Å². The summed E-state index contributed by atoms with van der Waals surface area (Å²) in [6.07, 6.45) is 2.62. The van der Waals surface area contributed by atoms with Crippen LogP contribution in [0.1, 0.15) is 34.6 Å². The number of piperidine rings is 1. The van der Waals surface area contributed by atoms with E-state index in [1.165, 1.54) is 7.11 Å². The molecular formula is C14H22N4O3. The minimum absolute atomic E-state index is 0.367. The van der Waals surface area contributed by atoms with Gasteiger partial charge in [-0.1, -0.05) is 0 Å². The number of esters is 1. The summed E-state index contributed by atoms with van der Waals surface area (Å²) in [7, 11) is 1.36. The third-order valence-corrected chi connectivity index (χ3v) is 4.36. The quantitative estimate of drug-likeness (QED) is 0.661. The Labute approximate surface area is 123 Å². The fourth-order valence-electron chi connectivity index (χ4n) is 3.25. The van der Waals surface area contributed by atoms with Gasteiger partial charge < -0.3 is 15.2 Å². The molecule has 0 saturated carbocycles. The first kappa shape index (κ1) is 14.5. The molecule has 0 aliphatic carbocycles. The van der Waals surface area contributed by atoms with Crippen LogP contribution < -0.4 is 5.32 Å². The molecule has 3 rings (SSSR count). The number of fused-ring (bicyclic) bond motifs is 1. The van der Waals surface area contributed by atoms with Gasteiger partial charge in [-0.05, 0) is 19.4 Å². The van der Waals surface area contributed by atoms with Gasteiger partial charge in [0.25, 0.3) is 0 Å². The molecule has 21 heavy (non-hydrogen) atoms. The Kier molecular flexibility index (Phi) is 3.97. The Balaban J connectivity index is 1.71. The first-order chi connectivity index (χ1) is 10.1. The topological polar surface area (TPSA) is 90.5 Å². The molecule has 1 aromatic rings. The molecule has 0 spiro atoms. The van der Waals surface area contributed by atoms with Crippen LogP contribution in [0.3, 0.4) is 0 Å². The molecule has 0 radical (unpaired) electrons. The lowest BCUT2D eigenvalue weighted by atomic mass is 9.92. The molecule has 0 aromatic carbocycles. The van der Waals surface area contributed by atoms with Crippen LogP contribution in [-0.4, -0.2) is 65.1 Å². The van der Waals surface area contributed by atoms with E-state index >= 15 is 0 Å². The van der Waals surface area contributed by atoms with Gasteiger partial charge in [0.1, 0.15) is 0 Å². The van der Waals surface area contributed by atoms with Crippen LogP contribution >= 0.6 is 0 Å². The molecule has 0 unspecified atom stereocenters. The van der Waals surface area contributed by atoms with Crippen molar-refractivity contribution in [1.29, 1.82) is 0 Å². The number of ether oxygens (including phenoxy) is 1. The van der Waals surface area contributed by atoms with Crippen LogP contribution in [0, 0.1) is 0 Å². The summed E-state index contributed by atoms with van der Waals surface area (Å²) in [6, 6.07) is 0. The summed E-state index contributed by atoms with van der Waals surface area (Å²) < 4.78 is 4.77. The zero-order valence-corrected chi connectivity index (χ0v) is 12.3. The molecule has 1 fully saturated rings. The molecule has 2 aliphatic rings. The first-order valence-electron chi connectivity index (χ1n) is 7.41. The molecule has 7 nitrogen and oxygen atoms in total. The number of nitrogens with one attached hydrogen (secondary N) is 2. The fourth-order valence-corrected chi connectivity index (χ4v) is 3.25. The zero-order valence-electron chi connectivity index (χ0n) is 12.3. The predicted octanol–water partition coefficient (Wildman–Crippen LogP) is -0.331. The van der Waals surface area contributed by atoms with Crippen LogP contribution in [0.15, 0.2) is 0 Å². The molecule has 1 saturated heterocycles. The smallest absolute Gasteiger partial charge is 0.358 e. The highest BCUT2D eigenvalue weighted by Gasteiger charge is 2.34. The number of β-amino-alcohol motifs (C(OH)–C–C–N with tert-alkyl or cyclic N) is 1. The van der Waals surface area contributed by atoms with Gasteiger partial charge in [0.15, 0.2) is 5.69 Å². The van der Waals surface area contributed by atoms with Gasteiger partial charge in [-0.25, -0.2) is 4.79 Å². The first-order valence-corrected chi connectivity index (χ1v) is 7.41.